The summed E-state index contributed by atoms with van der Waals surface area (Å²) in [7, 11) is 0. The van der Waals surface area contributed by atoms with E-state index in [9.17, 15) is 0 Å². The molecule has 4 nitrogen and oxygen atoms in total. The highest BCUT2D eigenvalue weighted by molar-refractivity contribution is 7.00. The highest BCUT2D eigenvalue weighted by Gasteiger charge is 2.46. The molecule has 0 bridgehead atoms. The first-order valence-electron chi connectivity index (χ1n) is 30.2. The molecule has 12 aromatic carbocycles. The van der Waals surface area contributed by atoms with Crippen LogP contribution in [0.1, 0.15) is 51.7 Å². The van der Waals surface area contributed by atoms with Crippen molar-refractivity contribution in [2.24, 2.45) is 0 Å². The number of fused-ring (bicyclic) bond motifs is 10. The molecule has 0 amide bonds. The maximum absolute atomic E-state index is 6.78. The molecule has 14 aromatic rings. The lowest BCUT2D eigenvalue weighted by atomic mass is 9.33. The number of aryl methyl sites for hydroxylation is 1. The standard InChI is InChI=1S/C80H62BN3O/c1-5-6-33-62-70(44-45-76-77(62)63-36-21-24-39-75(63)85-76)83-72-51-59(82-68-37-22-19-34-60(68)61-35-20-23-38-69(61)82)41-42-66(72)81-67-48-56(52-25-11-7-12-26-52)40-43-71(67)84(74-50-58(80(2,3)4)49-73(83)78(74)81)79-64(54-29-15-9-16-30-54)46-57(53-27-13-8-14-28-53)47-65(79)55-31-17-10-18-32-55/h7-32,34-51H,5-6,33H2,1-4H3. The van der Waals surface area contributed by atoms with Crippen molar-refractivity contribution in [1.82, 2.24) is 4.57 Å². The molecule has 2 aliphatic heterocycles. The quantitative estimate of drug-likeness (QED) is 0.128. The Morgan fingerprint density at radius 3 is 1.55 bits per heavy atom. The summed E-state index contributed by atoms with van der Waals surface area (Å²) in [6, 6.07) is 99.7. The van der Waals surface area contributed by atoms with Gasteiger partial charge in [0.1, 0.15) is 11.2 Å². The van der Waals surface area contributed by atoms with Crippen LogP contribution in [0.3, 0.4) is 0 Å². The van der Waals surface area contributed by atoms with E-state index in [1.165, 1.54) is 99.7 Å². The van der Waals surface area contributed by atoms with Crippen LogP contribution in [0.15, 0.2) is 271 Å². The molecule has 0 saturated carbocycles. The Bertz CT molecular complexity index is 4810. The van der Waals surface area contributed by atoms with Crippen LogP contribution in [-0.2, 0) is 11.8 Å². The maximum Gasteiger partial charge on any atom is 0.252 e. The van der Waals surface area contributed by atoms with Crippen molar-refractivity contribution in [3.8, 4) is 50.2 Å². The molecule has 5 heteroatoms. The van der Waals surface area contributed by atoms with Crippen molar-refractivity contribution in [3.63, 3.8) is 0 Å². The lowest BCUT2D eigenvalue weighted by Crippen LogP contribution is -2.61. The molecule has 85 heavy (non-hydrogen) atoms. The molecule has 0 unspecified atom stereocenters. The number of aromatic nitrogens is 1. The number of hydrogen-bond donors (Lipinski definition) is 0. The first-order chi connectivity index (χ1) is 41.8. The normalized spacial score (nSPS) is 12.8. The van der Waals surface area contributed by atoms with E-state index in [0.717, 1.165) is 75.1 Å². The Labute approximate surface area is 497 Å². The van der Waals surface area contributed by atoms with Gasteiger partial charge in [-0.05, 0) is 152 Å². The van der Waals surface area contributed by atoms with Gasteiger partial charge in [-0.15, -0.1) is 0 Å². The van der Waals surface area contributed by atoms with E-state index in [4.69, 9.17) is 4.42 Å². The fraction of sp³-hybridized carbons (Fsp3) is 0.100. The number of anilines is 6. The largest absolute Gasteiger partial charge is 0.456 e. The van der Waals surface area contributed by atoms with Gasteiger partial charge in [0.05, 0.1) is 22.4 Å². The van der Waals surface area contributed by atoms with E-state index in [2.05, 4.69) is 309 Å². The Morgan fingerprint density at radius 1 is 0.400 bits per heavy atom. The first kappa shape index (κ1) is 50.6. The molecule has 0 atom stereocenters. The maximum atomic E-state index is 6.78. The zero-order valence-corrected chi connectivity index (χ0v) is 48.4. The van der Waals surface area contributed by atoms with Gasteiger partial charge in [0.25, 0.3) is 6.71 Å². The first-order valence-corrected chi connectivity index (χ1v) is 30.2. The number of benzene rings is 12. The van der Waals surface area contributed by atoms with Crippen LogP contribution in [0.4, 0.5) is 34.1 Å². The minimum absolute atomic E-state index is 0.158. The second-order valence-corrected chi connectivity index (χ2v) is 24.2. The van der Waals surface area contributed by atoms with E-state index in [1.807, 2.05) is 0 Å². The van der Waals surface area contributed by atoms with Crippen LogP contribution >= 0.6 is 0 Å². The predicted molar refractivity (Wildman–Crippen MR) is 361 cm³/mol. The Kier molecular flexibility index (Phi) is 12.0. The summed E-state index contributed by atoms with van der Waals surface area (Å²) < 4.78 is 9.27. The van der Waals surface area contributed by atoms with E-state index >= 15 is 0 Å². The van der Waals surface area contributed by atoms with Crippen LogP contribution in [0.5, 0.6) is 0 Å². The van der Waals surface area contributed by atoms with Crippen LogP contribution in [0.25, 0.3) is 93.9 Å². The van der Waals surface area contributed by atoms with Crippen molar-refractivity contribution < 1.29 is 4.42 Å². The third-order valence-electron chi connectivity index (χ3n) is 18.1. The smallest absolute Gasteiger partial charge is 0.252 e. The summed E-state index contributed by atoms with van der Waals surface area (Å²) >= 11 is 0. The van der Waals surface area contributed by atoms with Crippen molar-refractivity contribution in [1.29, 1.82) is 0 Å². The van der Waals surface area contributed by atoms with E-state index in [-0.39, 0.29) is 12.1 Å². The summed E-state index contributed by atoms with van der Waals surface area (Å²) in [4.78, 5) is 5.36. The molecule has 0 radical (unpaired) electrons. The van der Waals surface area contributed by atoms with Gasteiger partial charge in [-0.2, -0.15) is 0 Å². The van der Waals surface area contributed by atoms with Gasteiger partial charge in [0.15, 0.2) is 0 Å². The highest BCUT2D eigenvalue weighted by atomic mass is 16.3. The molecular weight excluding hydrogens is 1030 g/mol. The van der Waals surface area contributed by atoms with Gasteiger partial charge >= 0.3 is 0 Å². The predicted octanol–water partition coefficient (Wildman–Crippen LogP) is 20.1. The number of para-hydroxylation sites is 3. The number of nitrogens with zero attached hydrogens (tertiary/aromatic N) is 3. The second-order valence-electron chi connectivity index (χ2n) is 24.2. The average molecular weight is 1090 g/mol. The summed E-state index contributed by atoms with van der Waals surface area (Å²) in [5, 5.41) is 4.84. The number of rotatable bonds is 10. The van der Waals surface area contributed by atoms with E-state index in [1.54, 1.807) is 0 Å². The zero-order valence-electron chi connectivity index (χ0n) is 48.4. The van der Waals surface area contributed by atoms with Gasteiger partial charge in [-0.1, -0.05) is 228 Å². The molecule has 0 N–H and O–H groups in total. The number of furan rings is 1. The summed E-state index contributed by atoms with van der Waals surface area (Å²) in [6.45, 7) is 9.29. The van der Waals surface area contributed by atoms with Crippen molar-refractivity contribution in [2.45, 2.75) is 52.4 Å². The third kappa shape index (κ3) is 8.20. The van der Waals surface area contributed by atoms with Crippen LogP contribution < -0.4 is 26.2 Å². The molecule has 0 aliphatic carbocycles. The molecule has 2 aliphatic rings. The Morgan fingerprint density at radius 2 is 0.941 bits per heavy atom. The summed E-state index contributed by atoms with van der Waals surface area (Å²) in [5.74, 6) is 0. The summed E-state index contributed by atoms with van der Waals surface area (Å²) in [5.41, 5.74) is 27.8. The van der Waals surface area contributed by atoms with Crippen LogP contribution in [0.2, 0.25) is 0 Å². The number of hydrogen-bond acceptors (Lipinski definition) is 3. The van der Waals surface area contributed by atoms with Gasteiger partial charge in [-0.25, -0.2) is 0 Å². The number of unbranched alkanes of at least 4 members (excludes halogenated alkanes) is 1. The average Bonchev–Trinajstić information content (AvgIpc) is 1.16. The summed E-state index contributed by atoms with van der Waals surface area (Å²) in [6.07, 6.45) is 2.98. The van der Waals surface area contributed by atoms with Gasteiger partial charge in [0, 0.05) is 61.1 Å². The van der Waals surface area contributed by atoms with Crippen LogP contribution in [0, 0.1) is 0 Å². The molecule has 16 rings (SSSR count). The van der Waals surface area contributed by atoms with Gasteiger partial charge in [0.2, 0.25) is 0 Å². The molecule has 406 valence electrons. The van der Waals surface area contributed by atoms with Crippen molar-refractivity contribution in [3.05, 3.63) is 278 Å². The lowest BCUT2D eigenvalue weighted by molar-refractivity contribution is 0.590. The molecule has 0 saturated heterocycles. The SMILES string of the molecule is CCCCc1c(N2c3cc(-n4c5ccccc5c5ccccc54)ccc3B3c4cc(-c5ccccc5)ccc4N(c4c(-c5ccccc5)cc(-c5ccccc5)cc4-c4ccccc4)c4cc(C(C)(C)C)cc2c43)ccc2oc3ccccc3c12. The third-order valence-corrected chi connectivity index (χ3v) is 18.1. The fourth-order valence-electron chi connectivity index (χ4n) is 14.1. The topological polar surface area (TPSA) is 24.6 Å². The second kappa shape index (κ2) is 20.1. The van der Waals surface area contributed by atoms with Crippen molar-refractivity contribution >= 4 is 101 Å². The molecule has 0 fully saturated rings. The highest BCUT2D eigenvalue weighted by Crippen LogP contribution is 2.54. The lowest BCUT2D eigenvalue weighted by Gasteiger charge is -2.46. The van der Waals surface area contributed by atoms with Gasteiger partial charge < -0.3 is 18.8 Å². The Balaban J connectivity index is 1.07. The minimum Gasteiger partial charge on any atom is -0.456 e. The fourth-order valence-corrected chi connectivity index (χ4v) is 14.1. The minimum atomic E-state index is -0.252. The molecule has 4 heterocycles. The van der Waals surface area contributed by atoms with Gasteiger partial charge in [-0.3, -0.25) is 0 Å². The monoisotopic (exact) mass is 1090 g/mol. The van der Waals surface area contributed by atoms with E-state index in [0.29, 0.717) is 0 Å². The van der Waals surface area contributed by atoms with Crippen molar-refractivity contribution in [2.75, 3.05) is 9.80 Å². The zero-order chi connectivity index (χ0) is 56.9. The molecular formula is C80H62BN3O. The van der Waals surface area contributed by atoms with E-state index < -0.39 is 0 Å². The molecule has 0 spiro atoms. The van der Waals surface area contributed by atoms with Crippen LogP contribution in [-0.4, -0.2) is 11.3 Å². The molecule has 2 aromatic heterocycles. The Hall–Kier alpha value is -10.1.